The van der Waals surface area contributed by atoms with Gasteiger partial charge >= 0.3 is 5.97 Å². The quantitative estimate of drug-likeness (QED) is 0.0624. The van der Waals surface area contributed by atoms with Crippen LogP contribution in [-0.4, -0.2) is 54.9 Å². The number of carbonyl (C=O) groups is 3. The predicted octanol–water partition coefficient (Wildman–Crippen LogP) is 13.2. The average Bonchev–Trinajstić information content (AvgIpc) is 3.52. The lowest BCUT2D eigenvalue weighted by atomic mass is 9.77. The third-order valence-electron chi connectivity index (χ3n) is 11.4. The summed E-state index contributed by atoms with van der Waals surface area (Å²) in [6.07, 6.45) is 24.6. The number of carboxylic acid groups (broad SMARTS) is 1. The summed E-state index contributed by atoms with van der Waals surface area (Å²) in [5.41, 5.74) is -0.559. The van der Waals surface area contributed by atoms with Crippen molar-refractivity contribution in [3.63, 3.8) is 0 Å². The van der Waals surface area contributed by atoms with Crippen LogP contribution >= 0.6 is 23.5 Å². The minimum absolute atomic E-state index is 0.108. The predicted molar refractivity (Wildman–Crippen MR) is 238 cm³/mol. The molecule has 0 aromatic heterocycles. The monoisotopic (exact) mass is 807 g/mol. The highest BCUT2D eigenvalue weighted by Gasteiger charge is 2.60. The van der Waals surface area contributed by atoms with Crippen molar-refractivity contribution in [2.45, 2.75) is 178 Å². The fourth-order valence-electron chi connectivity index (χ4n) is 8.37. The first kappa shape index (κ1) is 47.8. The Morgan fingerprint density at radius 3 is 1.82 bits per heavy atom. The number of aliphatic carboxylic acids is 1. The zero-order chi connectivity index (χ0) is 40.8. The van der Waals surface area contributed by atoms with Gasteiger partial charge in [0.05, 0.1) is 16.7 Å². The third kappa shape index (κ3) is 13.5. The fraction of sp³-hybridized carbons (Fsp3) is 0.646. The van der Waals surface area contributed by atoms with Crippen LogP contribution in [0.25, 0.3) is 0 Å². The second kappa shape index (κ2) is 25.7. The van der Waals surface area contributed by atoms with Gasteiger partial charge in [-0.05, 0) is 73.1 Å². The molecule has 8 heteroatoms. The van der Waals surface area contributed by atoms with Gasteiger partial charge in [0.2, 0.25) is 5.91 Å². The first-order chi connectivity index (χ1) is 27.1. The first-order valence-electron chi connectivity index (χ1n) is 22.0. The molecular formula is C48H73NO5S2. The summed E-state index contributed by atoms with van der Waals surface area (Å²) in [5.74, 6) is -2.44. The molecule has 56 heavy (non-hydrogen) atoms. The average molecular weight is 808 g/mol. The molecule has 0 aliphatic carbocycles. The van der Waals surface area contributed by atoms with Crippen molar-refractivity contribution < 1.29 is 24.6 Å². The highest BCUT2D eigenvalue weighted by molar-refractivity contribution is 8.15. The van der Waals surface area contributed by atoms with Gasteiger partial charge in [-0.3, -0.25) is 14.5 Å². The van der Waals surface area contributed by atoms with Gasteiger partial charge in [0, 0.05) is 5.25 Å². The molecule has 1 heterocycles. The minimum atomic E-state index is -2.35. The molecule has 1 saturated heterocycles. The van der Waals surface area contributed by atoms with E-state index in [0.717, 1.165) is 42.2 Å². The smallest absolute Gasteiger partial charge is 0.336 e. The van der Waals surface area contributed by atoms with E-state index >= 15 is 0 Å². The van der Waals surface area contributed by atoms with Crippen LogP contribution in [0.2, 0.25) is 0 Å². The number of thioether (sulfide) groups is 2. The Bertz CT molecular complexity index is 1390. The molecule has 2 amide bonds. The van der Waals surface area contributed by atoms with Crippen molar-refractivity contribution in [2.75, 3.05) is 5.75 Å². The number of carbonyl (C=O) groups excluding carboxylic acids is 2. The lowest BCUT2D eigenvalue weighted by molar-refractivity contribution is -0.169. The van der Waals surface area contributed by atoms with E-state index in [1.54, 1.807) is 13.0 Å². The van der Waals surface area contributed by atoms with Crippen LogP contribution in [0.15, 0.2) is 72.8 Å². The molecule has 2 aromatic rings. The first-order valence-corrected chi connectivity index (χ1v) is 23.9. The fourth-order valence-corrected chi connectivity index (χ4v) is 11.3. The van der Waals surface area contributed by atoms with E-state index in [9.17, 15) is 24.6 Å². The maximum atomic E-state index is 14.8. The lowest BCUT2D eigenvalue weighted by Gasteiger charge is -2.41. The molecule has 3 rings (SSSR count). The zero-order valence-electron chi connectivity index (χ0n) is 35.3. The van der Waals surface area contributed by atoms with Crippen molar-refractivity contribution in [3.8, 4) is 0 Å². The number of imide groups is 1. The Labute approximate surface area is 348 Å². The summed E-state index contributed by atoms with van der Waals surface area (Å²) < 4.78 is -0.913. The van der Waals surface area contributed by atoms with E-state index in [2.05, 4.69) is 25.6 Å². The topological polar surface area (TPSA) is 94.9 Å². The van der Waals surface area contributed by atoms with Crippen LogP contribution in [0, 0.1) is 11.8 Å². The molecule has 2 aromatic carbocycles. The van der Waals surface area contributed by atoms with Crippen molar-refractivity contribution in [1.29, 1.82) is 0 Å². The number of allylic oxidation sites excluding steroid dienone is 1. The summed E-state index contributed by atoms with van der Waals surface area (Å²) in [6, 6.07) is 18.9. The highest BCUT2D eigenvalue weighted by Crippen LogP contribution is 2.56. The molecule has 0 saturated carbocycles. The molecular weight excluding hydrogens is 735 g/mol. The number of amides is 2. The second-order valence-corrected chi connectivity index (χ2v) is 18.8. The molecule has 4 atom stereocenters. The van der Waals surface area contributed by atoms with E-state index in [0.29, 0.717) is 18.1 Å². The maximum Gasteiger partial charge on any atom is 0.336 e. The largest absolute Gasteiger partial charge is 0.479 e. The van der Waals surface area contributed by atoms with Crippen LogP contribution in [0.3, 0.4) is 0 Å². The number of aliphatic hydroxyl groups is 1. The summed E-state index contributed by atoms with van der Waals surface area (Å²) >= 11 is 3.29. The maximum absolute atomic E-state index is 14.8. The Balaban J connectivity index is 1.76. The summed E-state index contributed by atoms with van der Waals surface area (Å²) in [5, 5.41) is 22.5. The number of hydrogen-bond acceptors (Lipinski definition) is 6. The highest BCUT2D eigenvalue weighted by atomic mass is 32.2. The Morgan fingerprint density at radius 2 is 1.30 bits per heavy atom. The lowest BCUT2D eigenvalue weighted by Crippen LogP contribution is -2.56. The van der Waals surface area contributed by atoms with Crippen LogP contribution < -0.4 is 0 Å². The SMILES string of the molecule is CCCCCCCCC(CCCCC/C=C/[C@H](C(=O)N1C(=O)SC(c2ccccc2)(c2ccccc2)[C@@H]1C(C)C)[C@@](O)(CCC)C(=O)O)SCCCCCCC. The van der Waals surface area contributed by atoms with Crippen molar-refractivity contribution >= 4 is 40.6 Å². The van der Waals surface area contributed by atoms with Crippen molar-refractivity contribution in [3.05, 3.63) is 83.9 Å². The van der Waals surface area contributed by atoms with Gasteiger partial charge in [-0.25, -0.2) is 4.79 Å². The van der Waals surface area contributed by atoms with Gasteiger partial charge in [0.15, 0.2) is 5.60 Å². The number of carboxylic acids is 1. The summed E-state index contributed by atoms with van der Waals surface area (Å²) in [7, 11) is 0. The molecule has 0 bridgehead atoms. The molecule has 1 unspecified atom stereocenters. The van der Waals surface area contributed by atoms with Gasteiger partial charge in [-0.2, -0.15) is 11.8 Å². The molecule has 1 aliphatic rings. The van der Waals surface area contributed by atoms with Crippen LogP contribution in [0.1, 0.15) is 168 Å². The third-order valence-corrected chi connectivity index (χ3v) is 14.3. The van der Waals surface area contributed by atoms with E-state index in [1.165, 1.54) is 94.1 Å². The van der Waals surface area contributed by atoms with E-state index in [1.807, 2.05) is 80.6 Å². The number of hydrogen-bond donors (Lipinski definition) is 2. The number of nitrogens with zero attached hydrogens (tertiary/aromatic N) is 1. The van der Waals surface area contributed by atoms with Crippen molar-refractivity contribution in [2.24, 2.45) is 11.8 Å². The van der Waals surface area contributed by atoms with Gasteiger partial charge in [-0.15, -0.1) is 0 Å². The summed E-state index contributed by atoms with van der Waals surface area (Å²) in [6.45, 7) is 10.3. The van der Waals surface area contributed by atoms with E-state index in [-0.39, 0.29) is 12.3 Å². The number of benzene rings is 2. The second-order valence-electron chi connectivity index (χ2n) is 16.2. The summed E-state index contributed by atoms with van der Waals surface area (Å²) in [4.78, 5) is 43.1. The van der Waals surface area contributed by atoms with E-state index < -0.39 is 39.4 Å². The van der Waals surface area contributed by atoms with Crippen molar-refractivity contribution in [1.82, 2.24) is 4.90 Å². The number of rotatable bonds is 29. The molecule has 0 spiro atoms. The number of unbranched alkanes of at least 4 members (excludes halogenated alkanes) is 12. The van der Waals surface area contributed by atoms with Crippen LogP contribution in [0.5, 0.6) is 0 Å². The zero-order valence-corrected chi connectivity index (χ0v) is 36.9. The molecule has 0 radical (unpaired) electrons. The normalized spacial score (nSPS) is 17.7. The van der Waals surface area contributed by atoms with Gasteiger partial charge in [-0.1, -0.05) is 191 Å². The van der Waals surface area contributed by atoms with E-state index in [4.69, 9.17) is 0 Å². The molecule has 1 fully saturated rings. The van der Waals surface area contributed by atoms with Gasteiger partial charge in [0.25, 0.3) is 5.24 Å². The Morgan fingerprint density at radius 1 is 0.786 bits per heavy atom. The minimum Gasteiger partial charge on any atom is -0.479 e. The molecule has 6 nitrogen and oxygen atoms in total. The Hall–Kier alpha value is -2.55. The van der Waals surface area contributed by atoms with Crippen LogP contribution in [-0.2, 0) is 14.3 Å². The van der Waals surface area contributed by atoms with Gasteiger partial charge in [0.1, 0.15) is 0 Å². The Kier molecular flexibility index (Phi) is 22.0. The molecule has 312 valence electrons. The molecule has 2 N–H and O–H groups in total. The van der Waals surface area contributed by atoms with Crippen LogP contribution in [0.4, 0.5) is 4.79 Å². The standard InChI is InChI=1S/C48H73NO5S2/c1-6-9-11-13-15-25-33-41(55-37-28-18-12-10-7-2)34-26-16-14-17-27-35-42(47(54,36-8-3)45(51)52)44(50)49-43(38(4)5)48(56-46(49)53,39-29-21-19-22-30-39)40-31-23-20-24-32-40/h19-24,27,29-32,35,38,41-43,54H,6-18,25-26,28,33-34,36-37H2,1-5H3,(H,51,52)/b35-27+/t41?,42-,43+,47+/m1/s1. The van der Waals surface area contributed by atoms with Gasteiger partial charge < -0.3 is 10.2 Å². The molecule has 1 aliphatic heterocycles.